The fourth-order valence-corrected chi connectivity index (χ4v) is 1.49. The average molecular weight is 391 g/mol. The minimum absolute atomic E-state index is 0. The molecule has 20 heavy (non-hydrogen) atoms. The molecule has 3 N–H and O–H groups in total. The van der Waals surface area contributed by atoms with Gasteiger partial charge in [0, 0.05) is 6.54 Å². The van der Waals surface area contributed by atoms with Gasteiger partial charge in [-0.2, -0.15) is 0 Å². The van der Waals surface area contributed by atoms with Crippen molar-refractivity contribution in [1.82, 2.24) is 5.32 Å². The summed E-state index contributed by atoms with van der Waals surface area (Å²) in [5.41, 5.74) is 7.25. The Morgan fingerprint density at radius 3 is 2.55 bits per heavy atom. The molecule has 0 aliphatic carbocycles. The van der Waals surface area contributed by atoms with Gasteiger partial charge in [0.2, 0.25) is 0 Å². The second-order valence-corrected chi connectivity index (χ2v) is 4.17. The van der Waals surface area contributed by atoms with E-state index >= 15 is 0 Å². The number of ether oxygens (including phenoxy) is 1. The van der Waals surface area contributed by atoms with Crippen LogP contribution in [0.4, 0.5) is 0 Å². The van der Waals surface area contributed by atoms with Gasteiger partial charge in [-0.3, -0.25) is 0 Å². The van der Waals surface area contributed by atoms with Crippen molar-refractivity contribution < 1.29 is 9.53 Å². The summed E-state index contributed by atoms with van der Waals surface area (Å²) >= 11 is 0. The molecule has 0 atom stereocenters. The van der Waals surface area contributed by atoms with Gasteiger partial charge in [0.15, 0.2) is 5.96 Å². The maximum atomic E-state index is 11.3. The Bertz CT molecular complexity index is 433. The normalized spacial score (nSPS) is 10.6. The first-order valence-corrected chi connectivity index (χ1v) is 6.38. The van der Waals surface area contributed by atoms with Crippen molar-refractivity contribution in [3.05, 3.63) is 35.4 Å². The lowest BCUT2D eigenvalue weighted by Gasteiger charge is -2.05. The maximum absolute atomic E-state index is 11.3. The van der Waals surface area contributed by atoms with Crippen molar-refractivity contribution in [1.29, 1.82) is 0 Å². The molecule has 0 amide bonds. The molecule has 0 bridgehead atoms. The number of nitrogens with two attached hydrogens (primary N) is 1. The number of guanidine groups is 1. The summed E-state index contributed by atoms with van der Waals surface area (Å²) in [5.74, 6) is 0.112. The Labute approximate surface area is 137 Å². The summed E-state index contributed by atoms with van der Waals surface area (Å²) in [6.45, 7) is 3.46. The third-order valence-corrected chi connectivity index (χ3v) is 2.64. The number of rotatable bonds is 6. The van der Waals surface area contributed by atoms with Crippen LogP contribution in [0.3, 0.4) is 0 Å². The van der Waals surface area contributed by atoms with Gasteiger partial charge in [-0.05, 0) is 24.1 Å². The van der Waals surface area contributed by atoms with E-state index in [1.165, 1.54) is 7.11 Å². The van der Waals surface area contributed by atoms with E-state index in [2.05, 4.69) is 22.0 Å². The van der Waals surface area contributed by atoms with Crippen LogP contribution in [0.15, 0.2) is 29.3 Å². The first-order chi connectivity index (χ1) is 9.17. The quantitative estimate of drug-likeness (QED) is 0.257. The van der Waals surface area contributed by atoms with Gasteiger partial charge < -0.3 is 15.8 Å². The first-order valence-electron chi connectivity index (χ1n) is 6.38. The van der Waals surface area contributed by atoms with E-state index in [0.29, 0.717) is 18.1 Å². The standard InChI is InChI=1S/C14H21N3O2.HI/c1-3-4-9-16-14(15)17-10-11-5-7-12(8-6-11)13(18)19-2;/h5-8H,3-4,9-10H2,1-2H3,(H3,15,16,17);1H. The van der Waals surface area contributed by atoms with Gasteiger partial charge in [-0.1, -0.05) is 25.5 Å². The van der Waals surface area contributed by atoms with Crippen LogP contribution in [0.2, 0.25) is 0 Å². The number of carbonyl (C=O) groups is 1. The minimum atomic E-state index is -0.337. The van der Waals surface area contributed by atoms with Gasteiger partial charge in [-0.15, -0.1) is 24.0 Å². The molecule has 0 saturated heterocycles. The van der Waals surface area contributed by atoms with E-state index in [-0.39, 0.29) is 29.9 Å². The Hall–Kier alpha value is -1.31. The highest BCUT2D eigenvalue weighted by Crippen LogP contribution is 2.06. The third-order valence-electron chi connectivity index (χ3n) is 2.64. The second kappa shape index (κ2) is 10.5. The second-order valence-electron chi connectivity index (χ2n) is 4.17. The van der Waals surface area contributed by atoms with Gasteiger partial charge in [0.05, 0.1) is 19.2 Å². The molecule has 0 spiro atoms. The van der Waals surface area contributed by atoms with Gasteiger partial charge in [0.1, 0.15) is 0 Å². The van der Waals surface area contributed by atoms with Crippen LogP contribution in [-0.4, -0.2) is 25.6 Å². The maximum Gasteiger partial charge on any atom is 0.337 e. The fourth-order valence-electron chi connectivity index (χ4n) is 1.49. The fraction of sp³-hybridized carbons (Fsp3) is 0.429. The lowest BCUT2D eigenvalue weighted by molar-refractivity contribution is 0.0600. The number of methoxy groups -OCH3 is 1. The molecule has 6 heteroatoms. The predicted octanol–water partition coefficient (Wildman–Crippen LogP) is 2.30. The van der Waals surface area contributed by atoms with Crippen LogP contribution in [0.25, 0.3) is 0 Å². The van der Waals surface area contributed by atoms with E-state index in [0.717, 1.165) is 24.9 Å². The Morgan fingerprint density at radius 2 is 2.00 bits per heavy atom. The molecule has 1 aromatic carbocycles. The lowest BCUT2D eigenvalue weighted by Crippen LogP contribution is -2.32. The molecule has 0 aromatic heterocycles. The summed E-state index contributed by atoms with van der Waals surface area (Å²) in [6, 6.07) is 7.12. The number of halogens is 1. The van der Waals surface area contributed by atoms with Crippen LogP contribution in [-0.2, 0) is 11.3 Å². The summed E-state index contributed by atoms with van der Waals surface area (Å²) in [7, 11) is 1.36. The van der Waals surface area contributed by atoms with Crippen molar-refractivity contribution in [2.45, 2.75) is 26.3 Å². The topological polar surface area (TPSA) is 76.7 Å². The Balaban J connectivity index is 0.00000361. The lowest BCUT2D eigenvalue weighted by atomic mass is 10.1. The average Bonchev–Trinajstić information content (AvgIpc) is 2.45. The number of benzene rings is 1. The molecule has 0 unspecified atom stereocenters. The number of carbonyl (C=O) groups excluding carboxylic acids is 1. The van der Waals surface area contributed by atoms with Crippen LogP contribution < -0.4 is 11.1 Å². The highest BCUT2D eigenvalue weighted by Gasteiger charge is 2.03. The molecule has 0 radical (unpaired) electrons. The first kappa shape index (κ1) is 18.7. The van der Waals surface area contributed by atoms with E-state index in [1.54, 1.807) is 12.1 Å². The zero-order valence-electron chi connectivity index (χ0n) is 11.9. The summed E-state index contributed by atoms with van der Waals surface area (Å²) in [6.07, 6.45) is 2.19. The number of aliphatic imine (C=N–C) groups is 1. The third kappa shape index (κ3) is 6.74. The molecule has 0 saturated carbocycles. The minimum Gasteiger partial charge on any atom is -0.465 e. The van der Waals surface area contributed by atoms with Crippen LogP contribution in [0.5, 0.6) is 0 Å². The number of esters is 1. The summed E-state index contributed by atoms with van der Waals surface area (Å²) in [4.78, 5) is 15.5. The van der Waals surface area contributed by atoms with Gasteiger partial charge in [0.25, 0.3) is 0 Å². The number of hydrogen-bond donors (Lipinski definition) is 2. The molecule has 0 aliphatic rings. The monoisotopic (exact) mass is 391 g/mol. The van der Waals surface area contributed by atoms with E-state index in [9.17, 15) is 4.79 Å². The number of hydrogen-bond acceptors (Lipinski definition) is 3. The van der Waals surface area contributed by atoms with E-state index < -0.39 is 0 Å². The predicted molar refractivity (Wildman–Crippen MR) is 91.4 cm³/mol. The summed E-state index contributed by atoms with van der Waals surface area (Å²) < 4.78 is 4.63. The highest BCUT2D eigenvalue weighted by atomic mass is 127. The Kier molecular flexibility index (Phi) is 9.79. The van der Waals surface area contributed by atoms with Gasteiger partial charge in [-0.25, -0.2) is 9.79 Å². The molecular weight excluding hydrogens is 369 g/mol. The molecule has 0 heterocycles. The molecule has 0 aliphatic heterocycles. The highest BCUT2D eigenvalue weighted by molar-refractivity contribution is 14.0. The SMILES string of the molecule is CCCCNC(N)=NCc1ccc(C(=O)OC)cc1.I. The van der Waals surface area contributed by atoms with Crippen molar-refractivity contribution in [3.63, 3.8) is 0 Å². The zero-order valence-corrected chi connectivity index (χ0v) is 14.2. The number of nitrogens with one attached hydrogen (secondary N) is 1. The molecule has 0 fully saturated rings. The van der Waals surface area contributed by atoms with Crippen LogP contribution >= 0.6 is 24.0 Å². The molecule has 1 rings (SSSR count). The van der Waals surface area contributed by atoms with Crippen LogP contribution in [0.1, 0.15) is 35.7 Å². The number of unbranched alkanes of at least 4 members (excludes halogenated alkanes) is 1. The van der Waals surface area contributed by atoms with Crippen molar-refractivity contribution in [3.8, 4) is 0 Å². The van der Waals surface area contributed by atoms with Crippen LogP contribution in [0, 0.1) is 0 Å². The van der Waals surface area contributed by atoms with Gasteiger partial charge >= 0.3 is 5.97 Å². The largest absolute Gasteiger partial charge is 0.465 e. The number of nitrogens with zero attached hydrogens (tertiary/aromatic N) is 1. The molecule has 1 aromatic rings. The van der Waals surface area contributed by atoms with E-state index in [4.69, 9.17) is 5.73 Å². The molecule has 112 valence electrons. The summed E-state index contributed by atoms with van der Waals surface area (Å²) in [5, 5.41) is 3.05. The molecular formula is C14H22IN3O2. The van der Waals surface area contributed by atoms with Crippen molar-refractivity contribution in [2.75, 3.05) is 13.7 Å². The smallest absolute Gasteiger partial charge is 0.337 e. The molecule has 5 nitrogen and oxygen atoms in total. The Morgan fingerprint density at radius 1 is 1.35 bits per heavy atom. The van der Waals surface area contributed by atoms with E-state index in [1.807, 2.05) is 12.1 Å². The zero-order chi connectivity index (χ0) is 14.1. The van der Waals surface area contributed by atoms with Crippen molar-refractivity contribution >= 4 is 35.9 Å². The van der Waals surface area contributed by atoms with Crippen molar-refractivity contribution in [2.24, 2.45) is 10.7 Å².